The van der Waals surface area contributed by atoms with E-state index in [1.807, 2.05) is 19.1 Å². The number of nitrogens with zero attached hydrogens (tertiary/aromatic N) is 3. The van der Waals surface area contributed by atoms with Crippen molar-refractivity contribution >= 4 is 11.6 Å². The minimum absolute atomic E-state index is 0.713. The number of ether oxygens (including phenoxy) is 2. The monoisotopic (exact) mass is 314 g/mol. The molecule has 0 bridgehead atoms. The lowest BCUT2D eigenvalue weighted by molar-refractivity contribution is 0.122. The van der Waals surface area contributed by atoms with Crippen LogP contribution in [0.3, 0.4) is 0 Å². The zero-order valence-corrected chi connectivity index (χ0v) is 13.6. The molecule has 0 spiro atoms. The molecule has 1 N–H and O–H groups in total. The Morgan fingerprint density at radius 2 is 2.04 bits per heavy atom. The molecule has 0 unspecified atom stereocenters. The number of aryl methyl sites for hydroxylation is 1. The highest BCUT2D eigenvalue weighted by atomic mass is 16.5. The predicted molar refractivity (Wildman–Crippen MR) is 90.1 cm³/mol. The Bertz CT molecular complexity index is 657. The largest absolute Gasteiger partial charge is 0.496 e. The summed E-state index contributed by atoms with van der Waals surface area (Å²) < 4.78 is 10.7. The topological polar surface area (TPSA) is 59.5 Å². The minimum Gasteiger partial charge on any atom is -0.496 e. The zero-order valence-electron chi connectivity index (χ0n) is 13.6. The van der Waals surface area contributed by atoms with Gasteiger partial charge >= 0.3 is 0 Å². The third kappa shape index (κ3) is 3.90. The van der Waals surface area contributed by atoms with Crippen molar-refractivity contribution in [1.82, 2.24) is 9.97 Å². The molecule has 122 valence electrons. The van der Waals surface area contributed by atoms with E-state index in [0.29, 0.717) is 6.54 Å². The number of rotatable bonds is 5. The Morgan fingerprint density at radius 3 is 2.78 bits per heavy atom. The molecule has 0 saturated carbocycles. The van der Waals surface area contributed by atoms with Gasteiger partial charge in [-0.1, -0.05) is 12.1 Å². The number of hydrogen-bond acceptors (Lipinski definition) is 6. The molecule has 0 radical (unpaired) electrons. The van der Waals surface area contributed by atoms with E-state index in [1.54, 1.807) is 13.4 Å². The quantitative estimate of drug-likeness (QED) is 0.913. The van der Waals surface area contributed by atoms with Crippen molar-refractivity contribution in [1.29, 1.82) is 0 Å². The van der Waals surface area contributed by atoms with Crippen LogP contribution in [-0.2, 0) is 11.3 Å². The summed E-state index contributed by atoms with van der Waals surface area (Å²) in [4.78, 5) is 10.9. The molecule has 1 aromatic heterocycles. The smallest absolute Gasteiger partial charge is 0.134 e. The predicted octanol–water partition coefficient (Wildman–Crippen LogP) is 2.24. The number of morpholine rings is 1. The van der Waals surface area contributed by atoms with Crippen LogP contribution in [0, 0.1) is 6.92 Å². The van der Waals surface area contributed by atoms with Crippen LogP contribution in [-0.4, -0.2) is 43.4 Å². The Hall–Kier alpha value is -2.34. The fourth-order valence-electron chi connectivity index (χ4n) is 2.65. The van der Waals surface area contributed by atoms with Gasteiger partial charge in [0, 0.05) is 25.7 Å². The van der Waals surface area contributed by atoms with Crippen molar-refractivity contribution in [3.63, 3.8) is 0 Å². The van der Waals surface area contributed by atoms with Crippen LogP contribution in [0.1, 0.15) is 11.1 Å². The van der Waals surface area contributed by atoms with Gasteiger partial charge in [-0.15, -0.1) is 0 Å². The Labute approximate surface area is 136 Å². The average Bonchev–Trinajstić information content (AvgIpc) is 2.61. The van der Waals surface area contributed by atoms with Crippen LogP contribution in [0.25, 0.3) is 0 Å². The molecule has 2 aromatic rings. The second kappa shape index (κ2) is 7.28. The molecule has 1 aromatic carbocycles. The maximum Gasteiger partial charge on any atom is 0.134 e. The first kappa shape index (κ1) is 15.6. The van der Waals surface area contributed by atoms with Crippen molar-refractivity contribution in [2.24, 2.45) is 0 Å². The lowest BCUT2D eigenvalue weighted by Gasteiger charge is -2.27. The SMILES string of the molecule is COc1ccc(CNc2cc(N3CCOCC3)ncn2)cc1C. The Morgan fingerprint density at radius 1 is 1.22 bits per heavy atom. The van der Waals surface area contributed by atoms with Crippen LogP contribution in [0.4, 0.5) is 11.6 Å². The van der Waals surface area contributed by atoms with Crippen molar-refractivity contribution in [3.8, 4) is 5.75 Å². The highest BCUT2D eigenvalue weighted by Crippen LogP contribution is 2.20. The van der Waals surface area contributed by atoms with Crippen molar-refractivity contribution in [3.05, 3.63) is 41.7 Å². The molecule has 6 nitrogen and oxygen atoms in total. The summed E-state index contributed by atoms with van der Waals surface area (Å²) in [5.74, 6) is 2.68. The summed E-state index contributed by atoms with van der Waals surface area (Å²) in [6.07, 6.45) is 1.60. The van der Waals surface area contributed by atoms with Gasteiger partial charge < -0.3 is 19.7 Å². The average molecular weight is 314 g/mol. The summed E-state index contributed by atoms with van der Waals surface area (Å²) in [6.45, 7) is 5.99. The van der Waals surface area contributed by atoms with Gasteiger partial charge in [-0.3, -0.25) is 0 Å². The third-order valence-electron chi connectivity index (χ3n) is 3.92. The second-order valence-electron chi connectivity index (χ2n) is 5.52. The maximum atomic E-state index is 5.38. The number of benzene rings is 1. The molecule has 0 amide bonds. The maximum absolute atomic E-state index is 5.38. The lowest BCUT2D eigenvalue weighted by atomic mass is 10.1. The van der Waals surface area contributed by atoms with Gasteiger partial charge in [0.2, 0.25) is 0 Å². The molecular formula is C17H22N4O2. The molecule has 1 saturated heterocycles. The molecule has 3 rings (SSSR count). The standard InChI is InChI=1S/C17H22N4O2/c1-13-9-14(3-4-15(13)22-2)11-18-16-10-17(20-12-19-16)21-5-7-23-8-6-21/h3-4,9-10,12H,5-8,11H2,1-2H3,(H,18,19,20). The normalized spacial score (nSPS) is 14.6. The highest BCUT2D eigenvalue weighted by Gasteiger charge is 2.12. The number of hydrogen-bond donors (Lipinski definition) is 1. The lowest BCUT2D eigenvalue weighted by Crippen LogP contribution is -2.36. The molecule has 2 heterocycles. The van der Waals surface area contributed by atoms with Crippen molar-refractivity contribution < 1.29 is 9.47 Å². The molecule has 6 heteroatoms. The zero-order chi connectivity index (χ0) is 16.1. The third-order valence-corrected chi connectivity index (χ3v) is 3.92. The van der Waals surface area contributed by atoms with Crippen molar-refractivity contribution in [2.45, 2.75) is 13.5 Å². The number of aromatic nitrogens is 2. The van der Waals surface area contributed by atoms with E-state index in [0.717, 1.165) is 49.3 Å². The summed E-state index contributed by atoms with van der Waals surface area (Å²) in [7, 11) is 1.69. The first-order chi connectivity index (χ1) is 11.3. The molecule has 0 atom stereocenters. The van der Waals surface area contributed by atoms with Gasteiger partial charge in [-0.25, -0.2) is 9.97 Å². The van der Waals surface area contributed by atoms with E-state index in [1.165, 1.54) is 5.56 Å². The van der Waals surface area contributed by atoms with E-state index in [9.17, 15) is 0 Å². The first-order valence-corrected chi connectivity index (χ1v) is 7.78. The van der Waals surface area contributed by atoms with E-state index in [4.69, 9.17) is 9.47 Å². The number of methoxy groups -OCH3 is 1. The highest BCUT2D eigenvalue weighted by molar-refractivity contribution is 5.49. The van der Waals surface area contributed by atoms with Gasteiger partial charge in [0.05, 0.1) is 20.3 Å². The summed E-state index contributed by atoms with van der Waals surface area (Å²) >= 11 is 0. The molecule has 1 fully saturated rings. The summed E-state index contributed by atoms with van der Waals surface area (Å²) in [5.41, 5.74) is 2.32. The minimum atomic E-state index is 0.713. The van der Waals surface area contributed by atoms with Gasteiger partial charge in [0.1, 0.15) is 23.7 Å². The van der Waals surface area contributed by atoms with E-state index >= 15 is 0 Å². The van der Waals surface area contributed by atoms with Crippen LogP contribution in [0.2, 0.25) is 0 Å². The van der Waals surface area contributed by atoms with Crippen LogP contribution in [0.15, 0.2) is 30.6 Å². The molecule has 0 aliphatic carbocycles. The van der Waals surface area contributed by atoms with Gasteiger partial charge in [-0.05, 0) is 24.1 Å². The van der Waals surface area contributed by atoms with Gasteiger partial charge in [0.25, 0.3) is 0 Å². The molecule has 1 aliphatic rings. The van der Waals surface area contributed by atoms with Crippen LogP contribution in [0.5, 0.6) is 5.75 Å². The molecular weight excluding hydrogens is 292 g/mol. The van der Waals surface area contributed by atoms with E-state index in [-0.39, 0.29) is 0 Å². The van der Waals surface area contributed by atoms with E-state index < -0.39 is 0 Å². The van der Waals surface area contributed by atoms with E-state index in [2.05, 4.69) is 32.3 Å². The number of nitrogens with one attached hydrogen (secondary N) is 1. The first-order valence-electron chi connectivity index (χ1n) is 7.78. The van der Waals surface area contributed by atoms with Gasteiger partial charge in [0.15, 0.2) is 0 Å². The fourth-order valence-corrected chi connectivity index (χ4v) is 2.65. The summed E-state index contributed by atoms with van der Waals surface area (Å²) in [6, 6.07) is 8.16. The Kier molecular flexibility index (Phi) is 4.92. The fraction of sp³-hybridized carbons (Fsp3) is 0.412. The summed E-state index contributed by atoms with van der Waals surface area (Å²) in [5, 5.41) is 3.36. The van der Waals surface area contributed by atoms with Crippen LogP contribution >= 0.6 is 0 Å². The second-order valence-corrected chi connectivity index (χ2v) is 5.52. The number of anilines is 2. The van der Waals surface area contributed by atoms with Crippen LogP contribution < -0.4 is 15.0 Å². The Balaban J connectivity index is 1.65. The molecule has 1 aliphatic heterocycles. The van der Waals surface area contributed by atoms with Crippen molar-refractivity contribution in [2.75, 3.05) is 43.6 Å². The van der Waals surface area contributed by atoms with Gasteiger partial charge in [-0.2, -0.15) is 0 Å². The molecule has 23 heavy (non-hydrogen) atoms.